The van der Waals surface area contributed by atoms with Crippen LogP contribution in [-0.4, -0.2) is 20.8 Å². The van der Waals surface area contributed by atoms with E-state index in [9.17, 15) is 18.0 Å². The molecule has 0 saturated carbocycles. The molecule has 0 spiro atoms. The van der Waals surface area contributed by atoms with Gasteiger partial charge in [0.1, 0.15) is 5.52 Å². The van der Waals surface area contributed by atoms with Crippen LogP contribution in [0.1, 0.15) is 11.4 Å². The first kappa shape index (κ1) is 21.0. The molecule has 0 aliphatic rings. The van der Waals surface area contributed by atoms with Crippen molar-refractivity contribution >= 4 is 46.3 Å². The number of nitrogens with zero attached hydrogens (tertiary/aromatic N) is 3. The van der Waals surface area contributed by atoms with Crippen LogP contribution in [0.3, 0.4) is 0 Å². The van der Waals surface area contributed by atoms with E-state index in [1.54, 1.807) is 36.4 Å². The van der Waals surface area contributed by atoms with Gasteiger partial charge in [-0.05, 0) is 42.5 Å². The number of fused-ring (bicyclic) bond motifs is 1. The first-order chi connectivity index (χ1) is 14.7. The Bertz CT molecular complexity index is 1270. The average Bonchev–Trinajstić information content (AvgIpc) is 3.29. The van der Waals surface area contributed by atoms with Crippen molar-refractivity contribution in [3.63, 3.8) is 0 Å². The molecule has 0 aliphatic heterocycles. The quantitative estimate of drug-likeness (QED) is 0.403. The number of amides is 2. The zero-order valence-electron chi connectivity index (χ0n) is 15.4. The molecule has 2 amide bonds. The molecule has 31 heavy (non-hydrogen) atoms. The third-order valence-electron chi connectivity index (χ3n) is 4.13. The lowest BCUT2D eigenvalue weighted by Crippen LogP contribution is -2.29. The van der Waals surface area contributed by atoms with Crippen LogP contribution in [0, 0.1) is 0 Å². The minimum atomic E-state index is -4.65. The van der Waals surface area contributed by atoms with Gasteiger partial charge in [-0.3, -0.25) is 5.32 Å². The molecule has 12 heteroatoms. The van der Waals surface area contributed by atoms with Gasteiger partial charge in [-0.2, -0.15) is 23.3 Å². The molecule has 2 aromatic carbocycles. The molecule has 0 bridgehead atoms. The summed E-state index contributed by atoms with van der Waals surface area (Å²) in [5.41, 5.74) is 0.163. The molecule has 0 unspecified atom stereocenters. The van der Waals surface area contributed by atoms with Crippen LogP contribution < -0.4 is 10.6 Å². The fourth-order valence-corrected chi connectivity index (χ4v) is 3.13. The Kier molecular flexibility index (Phi) is 5.50. The summed E-state index contributed by atoms with van der Waals surface area (Å²) < 4.78 is 45.9. The van der Waals surface area contributed by atoms with E-state index < -0.39 is 17.9 Å². The maximum Gasteiger partial charge on any atom is 0.435 e. The highest BCUT2D eigenvalue weighted by Gasteiger charge is 2.35. The maximum absolute atomic E-state index is 13.2. The third kappa shape index (κ3) is 4.75. The van der Waals surface area contributed by atoms with Crippen LogP contribution in [-0.2, 0) is 12.7 Å². The molecule has 160 valence electrons. The van der Waals surface area contributed by atoms with Crippen molar-refractivity contribution in [2.75, 3.05) is 5.32 Å². The maximum atomic E-state index is 13.2. The van der Waals surface area contributed by atoms with E-state index >= 15 is 0 Å². The van der Waals surface area contributed by atoms with Crippen LogP contribution in [0.2, 0.25) is 10.0 Å². The van der Waals surface area contributed by atoms with Gasteiger partial charge in [0.2, 0.25) is 0 Å². The highest BCUT2D eigenvalue weighted by atomic mass is 35.5. The van der Waals surface area contributed by atoms with Gasteiger partial charge in [-0.15, -0.1) is 0 Å². The lowest BCUT2D eigenvalue weighted by Gasteiger charge is -2.09. The van der Waals surface area contributed by atoms with Crippen molar-refractivity contribution in [2.45, 2.75) is 12.7 Å². The molecule has 0 aliphatic carbocycles. The summed E-state index contributed by atoms with van der Waals surface area (Å²) in [7, 11) is 0. The lowest BCUT2D eigenvalue weighted by atomic mass is 10.3. The monoisotopic (exact) mass is 469 g/mol. The van der Waals surface area contributed by atoms with Crippen molar-refractivity contribution in [3.05, 3.63) is 70.0 Å². The number of oxazole rings is 1. The molecule has 0 saturated heterocycles. The van der Waals surface area contributed by atoms with E-state index in [1.165, 1.54) is 6.07 Å². The second kappa shape index (κ2) is 8.12. The fraction of sp³-hybridized carbons (Fsp3) is 0.105. The highest BCUT2D eigenvalue weighted by Crippen LogP contribution is 2.30. The van der Waals surface area contributed by atoms with Gasteiger partial charge in [-0.25, -0.2) is 9.48 Å². The summed E-state index contributed by atoms with van der Waals surface area (Å²) in [6, 6.07) is 11.0. The number of nitrogens with one attached hydrogen (secondary N) is 2. The highest BCUT2D eigenvalue weighted by molar-refractivity contribution is 6.31. The molecule has 0 fully saturated rings. The Labute approximate surface area is 182 Å². The average molecular weight is 470 g/mol. The summed E-state index contributed by atoms with van der Waals surface area (Å²) in [4.78, 5) is 16.3. The predicted octanol–water partition coefficient (Wildman–Crippen LogP) is 5.66. The molecule has 2 heterocycles. The Hall–Kier alpha value is -3.24. The van der Waals surface area contributed by atoms with E-state index in [0.717, 1.165) is 10.7 Å². The van der Waals surface area contributed by atoms with E-state index in [2.05, 4.69) is 20.7 Å². The number of alkyl halides is 3. The van der Waals surface area contributed by atoms with Crippen molar-refractivity contribution in [3.8, 4) is 5.69 Å². The largest absolute Gasteiger partial charge is 0.435 e. The number of carbonyl (C=O) groups is 1. The molecule has 2 aromatic heterocycles. The summed E-state index contributed by atoms with van der Waals surface area (Å²) in [5.74, 6) is 0. The summed E-state index contributed by atoms with van der Waals surface area (Å²) in [5, 5.41) is 9.23. The Morgan fingerprint density at radius 2 is 1.87 bits per heavy atom. The van der Waals surface area contributed by atoms with Gasteiger partial charge in [0.05, 0.1) is 17.9 Å². The summed E-state index contributed by atoms with van der Waals surface area (Å²) in [6.45, 7) is -0.256. The van der Waals surface area contributed by atoms with Crippen LogP contribution >= 0.6 is 23.2 Å². The molecule has 4 rings (SSSR count). The SMILES string of the molecule is O=C(NCc1cc(C(F)(F)F)nn1-c1cccc(Cl)c1)Nc1nc2cc(Cl)ccc2o1. The molecule has 7 nitrogen and oxygen atoms in total. The van der Waals surface area contributed by atoms with Crippen molar-refractivity contribution in [1.29, 1.82) is 0 Å². The first-order valence-corrected chi connectivity index (χ1v) is 9.48. The number of rotatable bonds is 4. The molecular weight excluding hydrogens is 458 g/mol. The van der Waals surface area contributed by atoms with E-state index in [1.807, 2.05) is 0 Å². The molecule has 4 aromatic rings. The topological polar surface area (TPSA) is 85.0 Å². The smallest absolute Gasteiger partial charge is 0.423 e. The standard InChI is InChI=1S/C19H12Cl2F3N5O2/c20-10-2-1-3-12(6-10)29-13(8-16(28-29)19(22,23)24)9-25-17(30)27-18-26-14-7-11(21)4-5-15(14)31-18/h1-8H,9H2,(H2,25,26,27,30). The zero-order chi connectivity index (χ0) is 22.2. The van der Waals surface area contributed by atoms with Crippen LogP contribution in [0.15, 0.2) is 52.9 Å². The fourth-order valence-electron chi connectivity index (χ4n) is 2.78. The van der Waals surface area contributed by atoms with E-state index in [-0.39, 0.29) is 18.3 Å². The van der Waals surface area contributed by atoms with Crippen molar-refractivity contribution in [2.24, 2.45) is 0 Å². The van der Waals surface area contributed by atoms with Gasteiger partial charge in [-0.1, -0.05) is 29.3 Å². The van der Waals surface area contributed by atoms with Crippen LogP contribution in [0.25, 0.3) is 16.8 Å². The Balaban J connectivity index is 1.52. The van der Waals surface area contributed by atoms with Gasteiger partial charge >= 0.3 is 18.2 Å². The second-order valence-corrected chi connectivity index (χ2v) is 7.22. The van der Waals surface area contributed by atoms with Gasteiger partial charge in [0.25, 0.3) is 0 Å². The number of urea groups is 1. The molecule has 0 atom stereocenters. The zero-order valence-corrected chi connectivity index (χ0v) is 16.9. The Morgan fingerprint density at radius 1 is 1.10 bits per heavy atom. The van der Waals surface area contributed by atoms with Crippen LogP contribution in [0.5, 0.6) is 0 Å². The van der Waals surface area contributed by atoms with Crippen LogP contribution in [0.4, 0.5) is 24.0 Å². The minimum Gasteiger partial charge on any atom is -0.423 e. The number of carbonyl (C=O) groups excluding carboxylic acids is 1. The number of hydrogen-bond acceptors (Lipinski definition) is 4. The third-order valence-corrected chi connectivity index (χ3v) is 4.60. The molecular formula is C19H12Cl2F3N5O2. The minimum absolute atomic E-state index is 0.0888. The Morgan fingerprint density at radius 3 is 2.61 bits per heavy atom. The number of hydrogen-bond donors (Lipinski definition) is 2. The van der Waals surface area contributed by atoms with Gasteiger partial charge in [0.15, 0.2) is 11.3 Å². The van der Waals surface area contributed by atoms with Crippen molar-refractivity contribution in [1.82, 2.24) is 20.1 Å². The number of aromatic nitrogens is 3. The van der Waals surface area contributed by atoms with E-state index in [4.69, 9.17) is 27.6 Å². The first-order valence-electron chi connectivity index (χ1n) is 8.72. The lowest BCUT2D eigenvalue weighted by molar-refractivity contribution is -0.141. The normalized spacial score (nSPS) is 11.6. The predicted molar refractivity (Wildman–Crippen MR) is 108 cm³/mol. The van der Waals surface area contributed by atoms with Crippen molar-refractivity contribution < 1.29 is 22.4 Å². The molecule has 2 N–H and O–H groups in total. The number of benzene rings is 2. The summed E-state index contributed by atoms with van der Waals surface area (Å²) >= 11 is 11.8. The van der Waals surface area contributed by atoms with Gasteiger partial charge in [0, 0.05) is 10.0 Å². The van der Waals surface area contributed by atoms with E-state index in [0.29, 0.717) is 26.8 Å². The second-order valence-electron chi connectivity index (χ2n) is 6.35. The number of halogens is 5. The molecule has 0 radical (unpaired) electrons. The summed E-state index contributed by atoms with van der Waals surface area (Å²) in [6.07, 6.45) is -4.65. The number of anilines is 1. The van der Waals surface area contributed by atoms with Gasteiger partial charge < -0.3 is 9.73 Å².